The summed E-state index contributed by atoms with van der Waals surface area (Å²) < 4.78 is 5.35. The Balaban J connectivity index is 2.18. The fourth-order valence-electron chi connectivity index (χ4n) is 2.58. The summed E-state index contributed by atoms with van der Waals surface area (Å²) in [6.07, 6.45) is 3.49. The van der Waals surface area contributed by atoms with Gasteiger partial charge in [-0.3, -0.25) is 0 Å². The minimum atomic E-state index is 0.212. The number of carbonyl (C=O) groups is 1. The van der Waals surface area contributed by atoms with Crippen LogP contribution in [0.15, 0.2) is 24.3 Å². The van der Waals surface area contributed by atoms with E-state index in [9.17, 15) is 9.90 Å². The van der Waals surface area contributed by atoms with Crippen LogP contribution in [-0.4, -0.2) is 24.6 Å². The largest absolute Gasteiger partial charge is 0.508 e. The Labute approximate surface area is 101 Å². The summed E-state index contributed by atoms with van der Waals surface area (Å²) >= 11 is 0. The molecule has 1 heterocycles. The molecule has 2 rings (SSSR count). The van der Waals surface area contributed by atoms with Gasteiger partial charge in [-0.05, 0) is 42.4 Å². The van der Waals surface area contributed by atoms with Crippen LogP contribution in [-0.2, 0) is 9.53 Å². The summed E-state index contributed by atoms with van der Waals surface area (Å²) in [6, 6.07) is 7.25. The van der Waals surface area contributed by atoms with Crippen LogP contribution >= 0.6 is 0 Å². The summed E-state index contributed by atoms with van der Waals surface area (Å²) in [6.45, 7) is 1.55. The summed E-state index contributed by atoms with van der Waals surface area (Å²) in [7, 11) is 0. The first-order valence-corrected chi connectivity index (χ1v) is 6.11. The third-order valence-corrected chi connectivity index (χ3v) is 3.48. The van der Waals surface area contributed by atoms with Gasteiger partial charge in [-0.25, -0.2) is 0 Å². The Morgan fingerprint density at radius 1 is 1.41 bits per heavy atom. The molecular weight excluding hydrogens is 216 g/mol. The zero-order valence-electron chi connectivity index (χ0n) is 9.84. The second-order valence-corrected chi connectivity index (χ2v) is 4.55. The molecule has 0 aromatic heterocycles. The molecule has 1 N–H and O–H groups in total. The number of rotatable bonds is 4. The lowest BCUT2D eigenvalue weighted by Crippen LogP contribution is -2.22. The van der Waals surface area contributed by atoms with Gasteiger partial charge in [-0.1, -0.05) is 12.1 Å². The number of ether oxygens (including phenoxy) is 1. The Morgan fingerprint density at radius 3 is 2.82 bits per heavy atom. The van der Waals surface area contributed by atoms with Crippen molar-refractivity contribution in [3.05, 3.63) is 29.8 Å². The van der Waals surface area contributed by atoms with Crippen LogP contribution in [0, 0.1) is 5.92 Å². The first-order valence-electron chi connectivity index (χ1n) is 6.11. The molecule has 1 unspecified atom stereocenters. The first-order chi connectivity index (χ1) is 8.31. The van der Waals surface area contributed by atoms with Crippen molar-refractivity contribution in [1.29, 1.82) is 0 Å². The highest BCUT2D eigenvalue weighted by atomic mass is 16.5. The molecule has 1 fully saturated rings. The van der Waals surface area contributed by atoms with Gasteiger partial charge in [0.2, 0.25) is 0 Å². The molecule has 0 saturated carbocycles. The minimum absolute atomic E-state index is 0.212. The van der Waals surface area contributed by atoms with Gasteiger partial charge in [0, 0.05) is 19.6 Å². The van der Waals surface area contributed by atoms with Gasteiger partial charge in [0.25, 0.3) is 0 Å². The number of phenols is 1. The van der Waals surface area contributed by atoms with Crippen molar-refractivity contribution in [2.75, 3.05) is 13.2 Å². The highest BCUT2D eigenvalue weighted by molar-refractivity contribution is 5.52. The monoisotopic (exact) mass is 234 g/mol. The van der Waals surface area contributed by atoms with E-state index in [0.29, 0.717) is 12.3 Å². The molecule has 0 spiro atoms. The molecule has 1 aliphatic heterocycles. The smallest absolute Gasteiger partial charge is 0.120 e. The van der Waals surface area contributed by atoms with Crippen molar-refractivity contribution in [1.82, 2.24) is 0 Å². The highest BCUT2D eigenvalue weighted by Gasteiger charge is 2.25. The summed E-state index contributed by atoms with van der Waals surface area (Å²) in [4.78, 5) is 10.8. The molecule has 3 nitrogen and oxygen atoms in total. The van der Waals surface area contributed by atoms with Crippen LogP contribution in [0.3, 0.4) is 0 Å². The molecule has 0 bridgehead atoms. The standard InChI is InChI=1S/C14H18O3/c15-7-4-14(11-5-8-17-9-6-11)12-2-1-3-13(16)10-12/h1-3,7,10-11,14,16H,4-6,8-9H2. The number of carbonyl (C=O) groups excluding carboxylic acids is 1. The molecule has 1 aliphatic rings. The summed E-state index contributed by atoms with van der Waals surface area (Å²) in [5.74, 6) is 0.963. The highest BCUT2D eigenvalue weighted by Crippen LogP contribution is 2.35. The number of benzene rings is 1. The van der Waals surface area contributed by atoms with E-state index in [4.69, 9.17) is 4.74 Å². The van der Waals surface area contributed by atoms with Crippen LogP contribution in [0.25, 0.3) is 0 Å². The molecular formula is C14H18O3. The van der Waals surface area contributed by atoms with E-state index in [1.807, 2.05) is 12.1 Å². The SMILES string of the molecule is O=CCC(c1cccc(O)c1)C1CCOCC1. The zero-order chi connectivity index (χ0) is 12.1. The fourth-order valence-corrected chi connectivity index (χ4v) is 2.58. The van der Waals surface area contributed by atoms with Gasteiger partial charge < -0.3 is 14.6 Å². The second kappa shape index (κ2) is 5.82. The van der Waals surface area contributed by atoms with Crippen LogP contribution < -0.4 is 0 Å². The molecule has 0 amide bonds. The van der Waals surface area contributed by atoms with Gasteiger partial charge >= 0.3 is 0 Å². The van der Waals surface area contributed by atoms with Gasteiger partial charge in [-0.2, -0.15) is 0 Å². The molecule has 1 aromatic carbocycles. The van der Waals surface area contributed by atoms with E-state index in [1.54, 1.807) is 12.1 Å². The van der Waals surface area contributed by atoms with Crippen LogP contribution in [0.4, 0.5) is 0 Å². The first kappa shape index (κ1) is 12.1. The maximum Gasteiger partial charge on any atom is 0.120 e. The maximum atomic E-state index is 10.8. The van der Waals surface area contributed by atoms with Crippen molar-refractivity contribution in [3.8, 4) is 5.75 Å². The summed E-state index contributed by atoms with van der Waals surface area (Å²) in [5, 5.41) is 9.52. The number of hydrogen-bond donors (Lipinski definition) is 1. The second-order valence-electron chi connectivity index (χ2n) is 4.55. The van der Waals surface area contributed by atoms with E-state index in [-0.39, 0.29) is 11.7 Å². The number of aldehydes is 1. The minimum Gasteiger partial charge on any atom is -0.508 e. The van der Waals surface area contributed by atoms with Crippen LogP contribution in [0.2, 0.25) is 0 Å². The fraction of sp³-hybridized carbons (Fsp3) is 0.500. The molecule has 3 heteroatoms. The molecule has 1 aromatic rings. The quantitative estimate of drug-likeness (QED) is 0.814. The normalized spacial score (nSPS) is 18.8. The molecule has 1 atom stereocenters. The van der Waals surface area contributed by atoms with E-state index in [2.05, 4.69) is 0 Å². The average Bonchev–Trinajstić information content (AvgIpc) is 2.37. The Kier molecular flexibility index (Phi) is 4.15. The van der Waals surface area contributed by atoms with Gasteiger partial charge in [0.15, 0.2) is 0 Å². The lowest BCUT2D eigenvalue weighted by atomic mass is 9.79. The molecule has 1 saturated heterocycles. The predicted molar refractivity (Wildman–Crippen MR) is 65.1 cm³/mol. The topological polar surface area (TPSA) is 46.5 Å². The molecule has 0 aliphatic carbocycles. The van der Waals surface area contributed by atoms with Crippen molar-refractivity contribution >= 4 is 6.29 Å². The van der Waals surface area contributed by atoms with Gasteiger partial charge in [0.1, 0.15) is 12.0 Å². The molecule has 92 valence electrons. The maximum absolute atomic E-state index is 10.8. The van der Waals surface area contributed by atoms with Crippen molar-refractivity contribution < 1.29 is 14.6 Å². The number of hydrogen-bond acceptors (Lipinski definition) is 3. The van der Waals surface area contributed by atoms with E-state index >= 15 is 0 Å². The molecule has 17 heavy (non-hydrogen) atoms. The Bertz CT molecular complexity index is 369. The number of aromatic hydroxyl groups is 1. The van der Waals surface area contributed by atoms with Crippen molar-refractivity contribution in [3.63, 3.8) is 0 Å². The van der Waals surface area contributed by atoms with Crippen molar-refractivity contribution in [2.24, 2.45) is 5.92 Å². The van der Waals surface area contributed by atoms with E-state index < -0.39 is 0 Å². The van der Waals surface area contributed by atoms with Crippen LogP contribution in [0.5, 0.6) is 5.75 Å². The van der Waals surface area contributed by atoms with E-state index in [1.165, 1.54) is 0 Å². The lowest BCUT2D eigenvalue weighted by Gasteiger charge is -2.29. The van der Waals surface area contributed by atoms with Gasteiger partial charge in [0.05, 0.1) is 0 Å². The third kappa shape index (κ3) is 3.07. The predicted octanol–water partition coefficient (Wildman–Crippen LogP) is 2.49. The third-order valence-electron chi connectivity index (χ3n) is 3.48. The zero-order valence-corrected chi connectivity index (χ0v) is 9.84. The number of phenolic OH excluding ortho intramolecular Hbond substituents is 1. The Morgan fingerprint density at radius 2 is 2.18 bits per heavy atom. The Hall–Kier alpha value is -1.35. The molecule has 0 radical (unpaired) electrons. The lowest BCUT2D eigenvalue weighted by molar-refractivity contribution is -0.108. The van der Waals surface area contributed by atoms with Crippen LogP contribution in [0.1, 0.15) is 30.7 Å². The van der Waals surface area contributed by atoms with Crippen molar-refractivity contribution in [2.45, 2.75) is 25.2 Å². The van der Waals surface area contributed by atoms with E-state index in [0.717, 1.165) is 37.9 Å². The van der Waals surface area contributed by atoms with Gasteiger partial charge in [-0.15, -0.1) is 0 Å². The average molecular weight is 234 g/mol. The summed E-state index contributed by atoms with van der Waals surface area (Å²) in [5.41, 5.74) is 1.06.